The second-order valence-corrected chi connectivity index (χ2v) is 9.47. The zero-order valence-electron chi connectivity index (χ0n) is 18.4. The first-order chi connectivity index (χ1) is 15.8. The molecular weight excluding hydrogens is 487 g/mol. The topological polar surface area (TPSA) is 141 Å². The van der Waals surface area contributed by atoms with Crippen molar-refractivity contribution in [3.63, 3.8) is 0 Å². The van der Waals surface area contributed by atoms with E-state index in [-0.39, 0.29) is 35.9 Å². The van der Waals surface area contributed by atoms with Gasteiger partial charge in [0, 0.05) is 18.8 Å². The van der Waals surface area contributed by atoms with Gasteiger partial charge in [-0.05, 0) is 30.9 Å². The Morgan fingerprint density at radius 3 is 2.71 bits per heavy atom. The molecule has 1 aromatic rings. The maximum absolute atomic E-state index is 13.5. The maximum atomic E-state index is 13.5. The van der Waals surface area contributed by atoms with Gasteiger partial charge in [-0.15, -0.1) is 12.4 Å². The largest absolute Gasteiger partial charge is 0.547 e. The lowest BCUT2D eigenvalue weighted by atomic mass is 9.71. The minimum Gasteiger partial charge on any atom is -0.534 e. The van der Waals surface area contributed by atoms with Gasteiger partial charge in [0.1, 0.15) is 22.6 Å². The van der Waals surface area contributed by atoms with Crippen LogP contribution in [0.25, 0.3) is 0 Å². The smallest absolute Gasteiger partial charge is 0.534 e. The minimum absolute atomic E-state index is 0. The van der Waals surface area contributed by atoms with Crippen molar-refractivity contribution in [1.82, 2.24) is 15.1 Å². The highest BCUT2D eigenvalue weighted by molar-refractivity contribution is 8.14. The van der Waals surface area contributed by atoms with Crippen molar-refractivity contribution in [2.45, 2.75) is 30.7 Å². The number of likely N-dealkylation sites (tertiary alicyclic amines) is 1. The van der Waals surface area contributed by atoms with Crippen LogP contribution in [0, 0.1) is 0 Å². The molecule has 4 heterocycles. The molecule has 3 amide bonds. The van der Waals surface area contributed by atoms with Gasteiger partial charge in [-0.1, -0.05) is 17.8 Å². The molecule has 4 aliphatic rings. The van der Waals surface area contributed by atoms with E-state index < -0.39 is 36.5 Å². The van der Waals surface area contributed by atoms with E-state index in [4.69, 9.17) is 9.39 Å². The van der Waals surface area contributed by atoms with E-state index in [1.165, 1.54) is 13.2 Å². The van der Waals surface area contributed by atoms with Crippen LogP contribution in [0.1, 0.15) is 28.8 Å². The molecule has 0 aliphatic carbocycles. The van der Waals surface area contributed by atoms with Gasteiger partial charge in [-0.3, -0.25) is 14.7 Å². The molecule has 2 saturated heterocycles. The lowest BCUT2D eigenvalue weighted by Crippen LogP contribution is -2.58. The number of aliphatic imine (C=N–C) groups is 1. The molecule has 0 radical (unpaired) electrons. The Morgan fingerprint density at radius 1 is 1.35 bits per heavy atom. The van der Waals surface area contributed by atoms with Crippen molar-refractivity contribution in [2.75, 3.05) is 32.5 Å². The van der Waals surface area contributed by atoms with Gasteiger partial charge in [0.25, 0.3) is 5.91 Å². The van der Waals surface area contributed by atoms with E-state index in [1.807, 2.05) is 0 Å². The van der Waals surface area contributed by atoms with Gasteiger partial charge >= 0.3 is 19.1 Å². The predicted molar refractivity (Wildman–Crippen MR) is 127 cm³/mol. The predicted octanol–water partition coefficient (Wildman–Crippen LogP) is 0.628. The fourth-order valence-corrected chi connectivity index (χ4v) is 5.81. The molecule has 0 unspecified atom stereocenters. The number of amides is 3. The van der Waals surface area contributed by atoms with Crippen molar-refractivity contribution >= 4 is 54.4 Å². The van der Waals surface area contributed by atoms with E-state index in [9.17, 15) is 24.5 Å². The van der Waals surface area contributed by atoms with E-state index in [1.54, 1.807) is 17.8 Å². The van der Waals surface area contributed by atoms with Crippen molar-refractivity contribution < 1.29 is 33.9 Å². The van der Waals surface area contributed by atoms with E-state index in [2.05, 4.69) is 15.2 Å². The number of nitrogens with zero attached hydrogens (tertiary/aromatic N) is 3. The quantitative estimate of drug-likeness (QED) is 0.394. The first-order valence-corrected chi connectivity index (χ1v) is 11.7. The molecule has 5 rings (SSSR count). The molecule has 14 heteroatoms. The Kier molecular flexibility index (Phi) is 6.62. The Labute approximate surface area is 206 Å². The molecular formula is C20H24BClN4O7S. The second-order valence-electron chi connectivity index (χ2n) is 8.40. The first kappa shape index (κ1) is 24.5. The molecule has 0 saturated carbocycles. The highest BCUT2D eigenvalue weighted by Crippen LogP contribution is 2.39. The number of benzene rings is 1. The number of amidine groups is 1. The molecule has 34 heavy (non-hydrogen) atoms. The summed E-state index contributed by atoms with van der Waals surface area (Å²) in [5.74, 6) is -1.60. The monoisotopic (exact) mass is 510 g/mol. The number of hydrogen-bond acceptors (Lipinski definition) is 9. The van der Waals surface area contributed by atoms with Gasteiger partial charge in [0.2, 0.25) is 0 Å². The third kappa shape index (κ3) is 3.85. The number of carboxylic acids is 1. The minimum atomic E-state index is -1.57. The van der Waals surface area contributed by atoms with Crippen LogP contribution in [-0.4, -0.2) is 94.1 Å². The van der Waals surface area contributed by atoms with E-state index in [0.29, 0.717) is 31.5 Å². The number of carboxylic acid groups (broad SMARTS) is 1. The number of halogens is 1. The van der Waals surface area contributed by atoms with Crippen LogP contribution in [0.5, 0.6) is 11.5 Å². The highest BCUT2D eigenvalue weighted by atomic mass is 35.5. The molecule has 2 fully saturated rings. The zero-order valence-corrected chi connectivity index (χ0v) is 20.0. The number of hydrogen-bond donors (Lipinski definition) is 3. The maximum Gasteiger partial charge on any atom is 0.547 e. The number of rotatable bonds is 3. The summed E-state index contributed by atoms with van der Waals surface area (Å²) in [5.41, 5.74) is -0.763. The van der Waals surface area contributed by atoms with Crippen LogP contribution >= 0.6 is 24.2 Å². The van der Waals surface area contributed by atoms with Crippen LogP contribution in [-0.2, 0) is 11.2 Å². The molecule has 0 bridgehead atoms. The van der Waals surface area contributed by atoms with Crippen LogP contribution in [0.4, 0.5) is 4.79 Å². The van der Waals surface area contributed by atoms with Gasteiger partial charge in [-0.25, -0.2) is 9.59 Å². The number of nitrogens with one attached hydrogen (secondary N) is 1. The van der Waals surface area contributed by atoms with Crippen LogP contribution in [0.15, 0.2) is 17.1 Å². The normalized spacial score (nSPS) is 23.2. The van der Waals surface area contributed by atoms with Crippen molar-refractivity contribution in [3.8, 4) is 11.5 Å². The lowest BCUT2D eigenvalue weighted by Gasteiger charge is -2.38. The van der Waals surface area contributed by atoms with Crippen LogP contribution in [0.3, 0.4) is 0 Å². The summed E-state index contributed by atoms with van der Waals surface area (Å²) in [6.45, 7) is 1.99. The number of ether oxygens (including phenoxy) is 1. The summed E-state index contributed by atoms with van der Waals surface area (Å²) in [4.78, 5) is 45.8. The number of thioether (sulfide) groups is 1. The van der Waals surface area contributed by atoms with Gasteiger partial charge in [-0.2, -0.15) is 0 Å². The molecule has 3 N–H and O–H groups in total. The number of imide groups is 1. The summed E-state index contributed by atoms with van der Waals surface area (Å²) in [5, 5.41) is 24.1. The molecule has 0 aromatic heterocycles. The third-order valence-corrected chi connectivity index (χ3v) is 7.65. The second kappa shape index (κ2) is 9.19. The van der Waals surface area contributed by atoms with Crippen LogP contribution in [0.2, 0.25) is 0 Å². The number of carbonyl (C=O) groups is 3. The summed E-state index contributed by atoms with van der Waals surface area (Å²) in [6.07, 6.45) is 0.943. The summed E-state index contributed by atoms with van der Waals surface area (Å²) < 4.78 is 10.6. The first-order valence-electron chi connectivity index (χ1n) is 10.7. The molecule has 182 valence electrons. The summed E-state index contributed by atoms with van der Waals surface area (Å²) in [6, 6.07) is 2.53. The molecule has 1 aromatic carbocycles. The van der Waals surface area contributed by atoms with Gasteiger partial charge < -0.3 is 29.7 Å². The standard InChI is InChI=1S/C20H23BN4O7S.ClH/c1-31-12-3-2-11-10-13(21(30)32-15(11)14(12)16(26)27)25-17(28)20(23-18(25)29)4-7-24(8-5-20)19-22-6-9-33-19;/h2-3,13,30H,4-10H2,1H3,(H,23,29)(H,26,27);1H/t13-;/m0./s1. The van der Waals surface area contributed by atoms with Gasteiger partial charge in [0.15, 0.2) is 5.17 Å². The molecule has 1 atom stereocenters. The lowest BCUT2D eigenvalue weighted by molar-refractivity contribution is -0.133. The Balaban J connectivity index is 0.00000274. The van der Waals surface area contributed by atoms with Gasteiger partial charge in [0.05, 0.1) is 19.6 Å². The highest BCUT2D eigenvalue weighted by Gasteiger charge is 2.57. The number of fused-ring (bicyclic) bond motifs is 1. The molecule has 4 aliphatic heterocycles. The van der Waals surface area contributed by atoms with E-state index in [0.717, 1.165) is 22.4 Å². The number of urea groups is 1. The Hall–Kier alpha value is -2.64. The van der Waals surface area contributed by atoms with E-state index >= 15 is 0 Å². The van der Waals surface area contributed by atoms with Crippen molar-refractivity contribution in [2.24, 2.45) is 4.99 Å². The average Bonchev–Trinajstić information content (AvgIpc) is 3.41. The zero-order chi connectivity index (χ0) is 23.3. The number of carbonyl (C=O) groups excluding carboxylic acids is 2. The number of methoxy groups -OCH3 is 1. The summed E-state index contributed by atoms with van der Waals surface area (Å²) in [7, 11) is -0.233. The van der Waals surface area contributed by atoms with Crippen molar-refractivity contribution in [3.05, 3.63) is 23.3 Å². The molecule has 1 spiro atoms. The Morgan fingerprint density at radius 2 is 2.09 bits per heavy atom. The summed E-state index contributed by atoms with van der Waals surface area (Å²) >= 11 is 1.70. The van der Waals surface area contributed by atoms with Crippen LogP contribution < -0.4 is 14.7 Å². The fourth-order valence-electron chi connectivity index (χ4n) is 4.90. The Bertz CT molecular complexity index is 1070. The average molecular weight is 511 g/mol. The number of aromatic carboxylic acids is 1. The fraction of sp³-hybridized carbons (Fsp3) is 0.500. The van der Waals surface area contributed by atoms with Crippen molar-refractivity contribution in [1.29, 1.82) is 0 Å². The third-order valence-electron chi connectivity index (χ3n) is 6.61. The SMILES string of the molecule is COc1ccc2c(c1C(=O)O)OB(O)[C@@H](N1C(=O)NC3(CCN(C4=NCCS4)CC3)C1=O)C2.Cl. The molecule has 11 nitrogen and oxygen atoms in total. The number of piperidine rings is 1.